The second-order valence-electron chi connectivity index (χ2n) is 6.67. The van der Waals surface area contributed by atoms with Crippen LogP contribution in [0.2, 0.25) is 0 Å². The van der Waals surface area contributed by atoms with Gasteiger partial charge in [-0.2, -0.15) is 5.10 Å². The van der Waals surface area contributed by atoms with Crippen molar-refractivity contribution in [2.75, 3.05) is 23.5 Å². The van der Waals surface area contributed by atoms with E-state index in [-0.39, 0.29) is 11.7 Å². The molecule has 4 rings (SSSR count). The fourth-order valence-corrected chi connectivity index (χ4v) is 4.87. The smallest absolute Gasteiger partial charge is 0.235 e. The Balaban J connectivity index is 1.29. The first kappa shape index (κ1) is 19.7. The topological polar surface area (TPSA) is 94.0 Å². The Labute approximate surface area is 177 Å². The summed E-state index contributed by atoms with van der Waals surface area (Å²) in [6.07, 6.45) is 6.41. The summed E-state index contributed by atoms with van der Waals surface area (Å²) in [6.45, 7) is 0. The number of anilines is 3. The third kappa shape index (κ3) is 5.07. The first-order valence-electron chi connectivity index (χ1n) is 9.42. The van der Waals surface area contributed by atoms with Gasteiger partial charge in [-0.3, -0.25) is 4.79 Å². The lowest BCUT2D eigenvalue weighted by molar-refractivity contribution is -0.113. The van der Waals surface area contributed by atoms with Crippen LogP contribution in [0, 0.1) is 0 Å². The summed E-state index contributed by atoms with van der Waals surface area (Å²) in [6, 6.07) is 9.83. The molecule has 0 unspecified atom stereocenters. The summed E-state index contributed by atoms with van der Waals surface area (Å²) in [4.78, 5) is 12.4. The van der Waals surface area contributed by atoms with Crippen molar-refractivity contribution in [1.82, 2.24) is 20.0 Å². The number of hydrogen-bond donors (Lipinski definition) is 2. The Bertz CT molecular complexity index is 967. The van der Waals surface area contributed by atoms with Gasteiger partial charge in [0, 0.05) is 17.8 Å². The van der Waals surface area contributed by atoms with Gasteiger partial charge in [0.05, 0.1) is 25.1 Å². The highest BCUT2D eigenvalue weighted by molar-refractivity contribution is 8.01. The van der Waals surface area contributed by atoms with Gasteiger partial charge in [-0.15, -0.1) is 10.2 Å². The number of amides is 1. The standard InChI is InChI=1S/C19H22N6O2S2/c1-27-15-8-4-5-13(11-15)21-18-23-24-19(29-18)28-12-17(26)22-16-9-10-20-25(16)14-6-2-3-7-14/h4-5,8-11,14H,2-3,6-7,12H2,1H3,(H,21,23)(H,22,26). The maximum atomic E-state index is 12.4. The molecule has 0 atom stereocenters. The van der Waals surface area contributed by atoms with E-state index in [9.17, 15) is 4.79 Å². The normalized spacial score (nSPS) is 14.1. The van der Waals surface area contributed by atoms with Gasteiger partial charge in [0.1, 0.15) is 11.6 Å². The number of methoxy groups -OCH3 is 1. The molecule has 10 heteroatoms. The van der Waals surface area contributed by atoms with Crippen molar-refractivity contribution >= 4 is 45.6 Å². The maximum absolute atomic E-state index is 12.4. The quantitative estimate of drug-likeness (QED) is 0.514. The van der Waals surface area contributed by atoms with E-state index in [0.717, 1.165) is 34.4 Å². The lowest BCUT2D eigenvalue weighted by Crippen LogP contribution is -2.19. The number of carbonyl (C=O) groups is 1. The van der Waals surface area contributed by atoms with Gasteiger partial charge < -0.3 is 15.4 Å². The highest BCUT2D eigenvalue weighted by Gasteiger charge is 2.20. The Morgan fingerprint density at radius 1 is 1.31 bits per heavy atom. The van der Waals surface area contributed by atoms with E-state index < -0.39 is 0 Å². The SMILES string of the molecule is COc1cccc(Nc2nnc(SCC(=O)Nc3ccnn3C3CCCC3)s2)c1. The molecule has 3 aromatic rings. The predicted octanol–water partition coefficient (Wildman–Crippen LogP) is 4.33. The third-order valence-corrected chi connectivity index (χ3v) is 6.63. The molecule has 2 N–H and O–H groups in total. The van der Waals surface area contributed by atoms with Crippen LogP contribution in [0.5, 0.6) is 5.75 Å². The molecule has 1 fully saturated rings. The van der Waals surface area contributed by atoms with Gasteiger partial charge in [-0.05, 0) is 25.0 Å². The maximum Gasteiger partial charge on any atom is 0.235 e. The number of hydrogen-bond acceptors (Lipinski definition) is 8. The minimum Gasteiger partial charge on any atom is -0.497 e. The van der Waals surface area contributed by atoms with Gasteiger partial charge in [0.15, 0.2) is 4.34 Å². The molecule has 2 aromatic heterocycles. The third-order valence-electron chi connectivity index (χ3n) is 4.66. The van der Waals surface area contributed by atoms with Gasteiger partial charge >= 0.3 is 0 Å². The zero-order chi connectivity index (χ0) is 20.1. The summed E-state index contributed by atoms with van der Waals surface area (Å²) >= 11 is 2.77. The molecule has 8 nitrogen and oxygen atoms in total. The highest BCUT2D eigenvalue weighted by atomic mass is 32.2. The zero-order valence-electron chi connectivity index (χ0n) is 16.0. The first-order valence-corrected chi connectivity index (χ1v) is 11.2. The van der Waals surface area contributed by atoms with Crippen LogP contribution >= 0.6 is 23.1 Å². The molecule has 1 aromatic carbocycles. The molecule has 0 spiro atoms. The molecular formula is C19H22N6O2S2. The number of benzene rings is 1. The molecule has 1 aliphatic rings. The second kappa shape index (κ2) is 9.27. The summed E-state index contributed by atoms with van der Waals surface area (Å²) in [5.74, 6) is 1.72. The average Bonchev–Trinajstić information content (AvgIpc) is 3.48. The van der Waals surface area contributed by atoms with Crippen LogP contribution in [0.15, 0.2) is 40.9 Å². The Kier molecular flexibility index (Phi) is 6.30. The van der Waals surface area contributed by atoms with Crippen molar-refractivity contribution in [3.63, 3.8) is 0 Å². The van der Waals surface area contributed by atoms with Crippen LogP contribution in [-0.2, 0) is 4.79 Å². The van der Waals surface area contributed by atoms with E-state index in [1.165, 1.54) is 35.9 Å². The van der Waals surface area contributed by atoms with E-state index in [2.05, 4.69) is 25.9 Å². The van der Waals surface area contributed by atoms with Gasteiger partial charge in [-0.1, -0.05) is 42.0 Å². The van der Waals surface area contributed by atoms with Crippen LogP contribution in [0.25, 0.3) is 0 Å². The van der Waals surface area contributed by atoms with Gasteiger partial charge in [0.25, 0.3) is 0 Å². The summed E-state index contributed by atoms with van der Waals surface area (Å²) in [5, 5.41) is 19.5. The zero-order valence-corrected chi connectivity index (χ0v) is 17.6. The number of carbonyl (C=O) groups excluding carboxylic acids is 1. The van der Waals surface area contributed by atoms with Gasteiger partial charge in [0.2, 0.25) is 11.0 Å². The number of nitrogens with one attached hydrogen (secondary N) is 2. The second-order valence-corrected chi connectivity index (χ2v) is 8.87. The van der Waals surface area contributed by atoms with E-state index in [1.54, 1.807) is 13.3 Å². The molecule has 0 aliphatic heterocycles. The Hall–Kier alpha value is -2.59. The lowest BCUT2D eigenvalue weighted by atomic mass is 10.2. The summed E-state index contributed by atoms with van der Waals surface area (Å²) < 4.78 is 7.89. The predicted molar refractivity (Wildman–Crippen MR) is 115 cm³/mol. The van der Waals surface area contributed by atoms with Crippen LogP contribution in [0.1, 0.15) is 31.7 Å². The number of rotatable bonds is 8. The highest BCUT2D eigenvalue weighted by Crippen LogP contribution is 2.32. The molecule has 0 radical (unpaired) electrons. The first-order chi connectivity index (χ1) is 14.2. The van der Waals surface area contributed by atoms with Crippen LogP contribution in [-0.4, -0.2) is 38.7 Å². The molecular weight excluding hydrogens is 408 g/mol. The fourth-order valence-electron chi connectivity index (χ4n) is 3.30. The van der Waals surface area contributed by atoms with E-state index in [0.29, 0.717) is 11.2 Å². The van der Waals surface area contributed by atoms with Crippen molar-refractivity contribution < 1.29 is 9.53 Å². The lowest BCUT2D eigenvalue weighted by Gasteiger charge is -2.14. The number of ether oxygens (including phenoxy) is 1. The van der Waals surface area contributed by atoms with E-state index >= 15 is 0 Å². The number of nitrogens with zero attached hydrogens (tertiary/aromatic N) is 4. The molecule has 1 amide bonds. The molecule has 1 saturated carbocycles. The summed E-state index contributed by atoms with van der Waals surface area (Å²) in [7, 11) is 1.63. The molecule has 2 heterocycles. The Morgan fingerprint density at radius 3 is 3.00 bits per heavy atom. The molecule has 0 bridgehead atoms. The van der Waals surface area contributed by atoms with Crippen LogP contribution < -0.4 is 15.4 Å². The van der Waals surface area contributed by atoms with E-state index in [1.807, 2.05) is 35.0 Å². The Morgan fingerprint density at radius 2 is 2.17 bits per heavy atom. The monoisotopic (exact) mass is 430 g/mol. The van der Waals surface area contributed by atoms with Crippen LogP contribution in [0.4, 0.5) is 16.6 Å². The van der Waals surface area contributed by atoms with Crippen LogP contribution in [0.3, 0.4) is 0 Å². The molecule has 0 saturated heterocycles. The van der Waals surface area contributed by atoms with Crippen molar-refractivity contribution in [1.29, 1.82) is 0 Å². The molecule has 1 aliphatic carbocycles. The largest absolute Gasteiger partial charge is 0.497 e. The van der Waals surface area contributed by atoms with Crippen molar-refractivity contribution in [2.45, 2.75) is 36.1 Å². The molecule has 152 valence electrons. The average molecular weight is 431 g/mol. The van der Waals surface area contributed by atoms with Crippen molar-refractivity contribution in [3.8, 4) is 5.75 Å². The molecule has 29 heavy (non-hydrogen) atoms. The number of aromatic nitrogens is 4. The minimum atomic E-state index is -0.0766. The number of thioether (sulfide) groups is 1. The van der Waals surface area contributed by atoms with Crippen molar-refractivity contribution in [3.05, 3.63) is 36.5 Å². The van der Waals surface area contributed by atoms with Crippen molar-refractivity contribution in [2.24, 2.45) is 0 Å². The minimum absolute atomic E-state index is 0.0766. The van der Waals surface area contributed by atoms with Gasteiger partial charge in [-0.25, -0.2) is 4.68 Å². The fraction of sp³-hybridized carbons (Fsp3) is 0.368. The summed E-state index contributed by atoms with van der Waals surface area (Å²) in [5.41, 5.74) is 0.870. The van der Waals surface area contributed by atoms with E-state index in [4.69, 9.17) is 4.74 Å².